The lowest BCUT2D eigenvalue weighted by Gasteiger charge is -2.36. The van der Waals surface area contributed by atoms with Gasteiger partial charge in [-0.15, -0.1) is 0 Å². The van der Waals surface area contributed by atoms with E-state index in [9.17, 15) is 14.7 Å². The maximum absolute atomic E-state index is 14.0. The van der Waals surface area contributed by atoms with Crippen molar-refractivity contribution in [3.63, 3.8) is 0 Å². The Morgan fingerprint density at radius 3 is 2.55 bits per heavy atom. The minimum absolute atomic E-state index is 0.00297. The second kappa shape index (κ2) is 12.6. The van der Waals surface area contributed by atoms with Gasteiger partial charge in [-0.3, -0.25) is 19.4 Å². The Morgan fingerprint density at radius 1 is 1.02 bits per heavy atom. The molecule has 6 rings (SSSR count). The van der Waals surface area contributed by atoms with Gasteiger partial charge in [-0.1, -0.05) is 73.0 Å². The number of carbonyl (C=O) groups excluding carboxylic acids is 2. The lowest BCUT2D eigenvalue weighted by molar-refractivity contribution is -0.144. The monoisotopic (exact) mass is 568 g/mol. The van der Waals surface area contributed by atoms with Gasteiger partial charge in [-0.2, -0.15) is 0 Å². The second-order valence-electron chi connectivity index (χ2n) is 12.7. The predicted octanol–water partition coefficient (Wildman–Crippen LogP) is 6.36. The number of benzene rings is 2. The first-order valence-corrected chi connectivity index (χ1v) is 15.9. The molecule has 222 valence electrons. The number of phenols is 1. The van der Waals surface area contributed by atoms with Crippen LogP contribution in [-0.2, 0) is 20.9 Å². The zero-order chi connectivity index (χ0) is 29.2. The zero-order valence-electron chi connectivity index (χ0n) is 25.0. The van der Waals surface area contributed by atoms with E-state index in [1.165, 1.54) is 22.3 Å². The first-order valence-electron chi connectivity index (χ1n) is 15.9. The third kappa shape index (κ3) is 5.84. The van der Waals surface area contributed by atoms with Crippen molar-refractivity contribution in [3.8, 4) is 5.75 Å². The van der Waals surface area contributed by atoms with Crippen LogP contribution in [0.2, 0.25) is 0 Å². The van der Waals surface area contributed by atoms with Gasteiger partial charge in [0.25, 0.3) is 0 Å². The lowest BCUT2D eigenvalue weighted by Crippen LogP contribution is -2.47. The standard InChI is InChI=1S/C36H44N2O4/c1-3-8-27-21-30-34(31-23-42-32(33(27)31)14-13-24(2)19-26-11-7-12-29(39)20-26)36(41)38(35(30)40)28-15-17-37(18-16-28)22-25-9-5-4-6-10-25/h4-7,9-12,19-20,28,30-32,34,39H,3,8,13-18,21-23H2,1-2H3/b24-19+/t30-,31+,32-,34-/m1/s1. The second-order valence-corrected chi connectivity index (χ2v) is 12.7. The van der Waals surface area contributed by atoms with E-state index in [-0.39, 0.29) is 47.5 Å². The smallest absolute Gasteiger partial charge is 0.234 e. The number of carbonyl (C=O) groups is 2. The molecule has 1 N–H and O–H groups in total. The summed E-state index contributed by atoms with van der Waals surface area (Å²) in [6, 6.07) is 17.8. The maximum atomic E-state index is 14.0. The Bertz CT molecular complexity index is 1360. The molecule has 3 aliphatic heterocycles. The molecule has 6 heteroatoms. The average molecular weight is 569 g/mol. The first kappa shape index (κ1) is 28.9. The van der Waals surface area contributed by atoms with E-state index in [4.69, 9.17) is 4.74 Å². The molecule has 3 saturated heterocycles. The van der Waals surface area contributed by atoms with Crippen molar-refractivity contribution >= 4 is 17.9 Å². The molecule has 6 nitrogen and oxygen atoms in total. The number of fused-ring (bicyclic) bond motifs is 3. The number of phenolic OH excluding ortho intramolecular Hbond substituents is 1. The molecule has 0 unspecified atom stereocenters. The van der Waals surface area contributed by atoms with Gasteiger partial charge in [0.1, 0.15) is 5.75 Å². The molecule has 3 fully saturated rings. The summed E-state index contributed by atoms with van der Waals surface area (Å²) in [5.41, 5.74) is 6.21. The molecule has 0 bridgehead atoms. The van der Waals surface area contributed by atoms with E-state index in [1.54, 1.807) is 17.0 Å². The van der Waals surface area contributed by atoms with Gasteiger partial charge < -0.3 is 9.84 Å². The summed E-state index contributed by atoms with van der Waals surface area (Å²) in [6.07, 6.45) is 8.25. The number of nitrogens with zero attached hydrogens (tertiary/aromatic N) is 2. The summed E-state index contributed by atoms with van der Waals surface area (Å²) in [7, 11) is 0. The molecular formula is C36H44N2O4. The normalized spacial score (nSPS) is 27.1. The van der Waals surface area contributed by atoms with E-state index in [1.807, 2.05) is 18.2 Å². The van der Waals surface area contributed by atoms with Gasteiger partial charge in [0.2, 0.25) is 11.8 Å². The summed E-state index contributed by atoms with van der Waals surface area (Å²) in [4.78, 5) is 32.0. The van der Waals surface area contributed by atoms with Crippen LogP contribution in [0.25, 0.3) is 6.08 Å². The zero-order valence-corrected chi connectivity index (χ0v) is 25.0. The van der Waals surface area contributed by atoms with Crippen LogP contribution in [0.5, 0.6) is 5.75 Å². The van der Waals surface area contributed by atoms with E-state index in [0.717, 1.165) is 63.7 Å². The van der Waals surface area contributed by atoms with Crippen molar-refractivity contribution in [2.75, 3.05) is 19.7 Å². The number of ether oxygens (including phenoxy) is 1. The van der Waals surface area contributed by atoms with Gasteiger partial charge in [0.15, 0.2) is 0 Å². The number of amides is 2. The summed E-state index contributed by atoms with van der Waals surface area (Å²) in [6.45, 7) is 7.57. The lowest BCUT2D eigenvalue weighted by atomic mass is 9.68. The molecule has 1 aliphatic carbocycles. The highest BCUT2D eigenvalue weighted by molar-refractivity contribution is 6.06. The topological polar surface area (TPSA) is 70.1 Å². The van der Waals surface area contributed by atoms with Crippen LogP contribution in [0.15, 0.2) is 71.3 Å². The number of piperidine rings is 1. The van der Waals surface area contributed by atoms with Crippen molar-refractivity contribution in [3.05, 3.63) is 82.4 Å². The number of imide groups is 1. The Labute approximate surface area is 250 Å². The van der Waals surface area contributed by atoms with Crippen molar-refractivity contribution in [1.82, 2.24) is 9.80 Å². The predicted molar refractivity (Wildman–Crippen MR) is 164 cm³/mol. The SMILES string of the molecule is CCCC1=C2[C@@H](CC/C(C)=C/c3cccc(O)c3)OC[C@@H]2[C@@H]2C(=O)N(C3CCN(Cc4ccccc4)CC3)C(=O)[C@@H]2C1. The highest BCUT2D eigenvalue weighted by atomic mass is 16.5. The largest absolute Gasteiger partial charge is 0.508 e. The van der Waals surface area contributed by atoms with E-state index < -0.39 is 0 Å². The molecular weight excluding hydrogens is 524 g/mol. The van der Waals surface area contributed by atoms with Crippen LogP contribution >= 0.6 is 0 Å². The minimum Gasteiger partial charge on any atom is -0.508 e. The fourth-order valence-electron chi connectivity index (χ4n) is 7.90. The number of allylic oxidation sites excluding steroid dienone is 2. The maximum Gasteiger partial charge on any atom is 0.234 e. The Kier molecular flexibility index (Phi) is 8.64. The van der Waals surface area contributed by atoms with Crippen molar-refractivity contribution < 1.29 is 19.4 Å². The molecule has 4 aliphatic rings. The summed E-state index contributed by atoms with van der Waals surface area (Å²) < 4.78 is 6.43. The first-order chi connectivity index (χ1) is 20.4. The van der Waals surface area contributed by atoms with Crippen LogP contribution < -0.4 is 0 Å². The Balaban J connectivity index is 1.13. The van der Waals surface area contributed by atoms with Crippen molar-refractivity contribution in [2.24, 2.45) is 17.8 Å². The molecule has 0 saturated carbocycles. The molecule has 0 radical (unpaired) electrons. The van der Waals surface area contributed by atoms with Crippen LogP contribution in [0.4, 0.5) is 0 Å². The van der Waals surface area contributed by atoms with Crippen LogP contribution in [0.3, 0.4) is 0 Å². The minimum atomic E-state index is -0.274. The fraction of sp³-hybridized carbons (Fsp3) is 0.500. The van der Waals surface area contributed by atoms with Gasteiger partial charge >= 0.3 is 0 Å². The molecule has 0 spiro atoms. The molecule has 4 atom stereocenters. The summed E-state index contributed by atoms with van der Waals surface area (Å²) >= 11 is 0. The van der Waals surface area contributed by atoms with Crippen molar-refractivity contribution in [2.45, 2.75) is 77.5 Å². The highest BCUT2D eigenvalue weighted by Crippen LogP contribution is 2.51. The Morgan fingerprint density at radius 2 is 1.81 bits per heavy atom. The summed E-state index contributed by atoms with van der Waals surface area (Å²) in [5.74, 6) is -0.104. The number of hydrogen-bond donors (Lipinski definition) is 1. The van der Waals surface area contributed by atoms with Gasteiger partial charge in [-0.25, -0.2) is 0 Å². The number of hydrogen-bond acceptors (Lipinski definition) is 5. The van der Waals surface area contributed by atoms with Gasteiger partial charge in [-0.05, 0) is 74.3 Å². The molecule has 2 amide bonds. The third-order valence-corrected chi connectivity index (χ3v) is 9.85. The van der Waals surface area contributed by atoms with Crippen LogP contribution in [-0.4, -0.2) is 58.6 Å². The van der Waals surface area contributed by atoms with Crippen LogP contribution in [0, 0.1) is 17.8 Å². The summed E-state index contributed by atoms with van der Waals surface area (Å²) in [5, 5.41) is 9.81. The number of aromatic hydroxyl groups is 1. The molecule has 2 aromatic carbocycles. The van der Waals surface area contributed by atoms with E-state index in [2.05, 4.69) is 49.1 Å². The van der Waals surface area contributed by atoms with Gasteiger partial charge in [0.05, 0.1) is 24.5 Å². The van der Waals surface area contributed by atoms with E-state index >= 15 is 0 Å². The molecule has 0 aromatic heterocycles. The Hall–Kier alpha value is -3.22. The number of likely N-dealkylation sites (tertiary alicyclic amines) is 2. The third-order valence-electron chi connectivity index (χ3n) is 9.85. The highest BCUT2D eigenvalue weighted by Gasteiger charge is 2.58. The quantitative estimate of drug-likeness (QED) is 0.282. The molecule has 3 heterocycles. The fourth-order valence-corrected chi connectivity index (χ4v) is 7.90. The molecule has 42 heavy (non-hydrogen) atoms. The molecule has 2 aromatic rings. The average Bonchev–Trinajstić information content (AvgIpc) is 3.51. The number of rotatable bonds is 9. The van der Waals surface area contributed by atoms with Gasteiger partial charge in [0, 0.05) is 31.6 Å². The van der Waals surface area contributed by atoms with E-state index in [0.29, 0.717) is 13.0 Å². The van der Waals surface area contributed by atoms with Crippen LogP contribution in [0.1, 0.15) is 69.9 Å². The van der Waals surface area contributed by atoms with Crippen molar-refractivity contribution in [1.29, 1.82) is 0 Å².